The van der Waals surface area contributed by atoms with Gasteiger partial charge in [0, 0.05) is 0 Å². The number of nitrogens with zero attached hydrogens (tertiary/aromatic N) is 3. The van der Waals surface area contributed by atoms with Crippen molar-refractivity contribution in [1.29, 1.82) is 0 Å². The van der Waals surface area contributed by atoms with Crippen LogP contribution in [0.5, 0.6) is 0 Å². The molecule has 0 amide bonds. The maximum atomic E-state index is 11.9. The molecule has 0 saturated heterocycles. The number of carbonyl (C=O) groups is 1. The molecule has 0 fully saturated rings. The monoisotopic (exact) mass is 275 g/mol. The molecular weight excluding hydrogens is 258 g/mol. The van der Waals surface area contributed by atoms with E-state index in [1.807, 2.05) is 30.3 Å². The highest BCUT2D eigenvalue weighted by molar-refractivity contribution is 5.88. The molecule has 1 aromatic carbocycles. The van der Waals surface area contributed by atoms with Gasteiger partial charge in [0.25, 0.3) is 0 Å². The number of aliphatic hydroxyl groups excluding tert-OH is 1. The van der Waals surface area contributed by atoms with Crippen LogP contribution in [0.2, 0.25) is 0 Å². The molecule has 6 heteroatoms. The van der Waals surface area contributed by atoms with Crippen molar-refractivity contribution in [3.05, 3.63) is 47.3 Å². The molecule has 1 unspecified atom stereocenters. The molecule has 0 radical (unpaired) electrons. The van der Waals surface area contributed by atoms with Crippen molar-refractivity contribution in [1.82, 2.24) is 15.0 Å². The summed E-state index contributed by atoms with van der Waals surface area (Å²) in [5.74, 6) is -0.511. The summed E-state index contributed by atoms with van der Waals surface area (Å²) >= 11 is 0. The molecule has 6 nitrogen and oxygen atoms in total. The summed E-state index contributed by atoms with van der Waals surface area (Å²) in [6.07, 6.45) is -0.552. The summed E-state index contributed by atoms with van der Waals surface area (Å²) in [6, 6.07) is 9.42. The maximum absolute atomic E-state index is 11.9. The van der Waals surface area contributed by atoms with Crippen molar-refractivity contribution in [2.45, 2.75) is 33.1 Å². The highest BCUT2D eigenvalue weighted by Gasteiger charge is 2.18. The first-order valence-corrected chi connectivity index (χ1v) is 6.37. The van der Waals surface area contributed by atoms with Crippen molar-refractivity contribution in [2.24, 2.45) is 0 Å². The molecule has 2 rings (SSSR count). The molecule has 106 valence electrons. The maximum Gasteiger partial charge on any atom is 0.361 e. The molecule has 0 aliphatic carbocycles. The fourth-order valence-electron chi connectivity index (χ4n) is 1.76. The summed E-state index contributed by atoms with van der Waals surface area (Å²) in [6.45, 7) is 3.86. The Labute approximate surface area is 117 Å². The van der Waals surface area contributed by atoms with Crippen LogP contribution in [0.25, 0.3) is 0 Å². The zero-order chi connectivity index (χ0) is 14.5. The van der Waals surface area contributed by atoms with Crippen molar-refractivity contribution in [3.63, 3.8) is 0 Å². The van der Waals surface area contributed by atoms with Gasteiger partial charge in [-0.25, -0.2) is 9.48 Å². The van der Waals surface area contributed by atoms with Gasteiger partial charge in [-0.2, -0.15) is 0 Å². The minimum absolute atomic E-state index is 0.182. The molecule has 0 aliphatic rings. The number of carbonyl (C=O) groups excluding carboxylic acids is 1. The van der Waals surface area contributed by atoms with Crippen LogP contribution in [0, 0.1) is 6.92 Å². The quantitative estimate of drug-likeness (QED) is 0.833. The lowest BCUT2D eigenvalue weighted by Crippen LogP contribution is -2.15. The average molecular weight is 275 g/mol. The van der Waals surface area contributed by atoms with Crippen LogP contribution in [0.3, 0.4) is 0 Å². The van der Waals surface area contributed by atoms with Gasteiger partial charge >= 0.3 is 5.97 Å². The largest absolute Gasteiger partial charge is 0.456 e. The van der Waals surface area contributed by atoms with E-state index in [4.69, 9.17) is 4.74 Å². The number of ether oxygens (including phenoxy) is 1. The van der Waals surface area contributed by atoms with E-state index < -0.39 is 12.1 Å². The Morgan fingerprint density at radius 2 is 2.10 bits per heavy atom. The van der Waals surface area contributed by atoms with Gasteiger partial charge < -0.3 is 9.84 Å². The Bertz CT molecular complexity index is 579. The Kier molecular flexibility index (Phi) is 4.47. The van der Waals surface area contributed by atoms with Crippen LogP contribution in [0.15, 0.2) is 30.3 Å². The Morgan fingerprint density at radius 3 is 2.75 bits per heavy atom. The zero-order valence-corrected chi connectivity index (χ0v) is 11.5. The van der Waals surface area contributed by atoms with E-state index in [0.717, 1.165) is 5.56 Å². The first-order chi connectivity index (χ1) is 9.58. The summed E-state index contributed by atoms with van der Waals surface area (Å²) < 4.78 is 6.69. The zero-order valence-electron chi connectivity index (χ0n) is 11.5. The highest BCUT2D eigenvalue weighted by atomic mass is 16.5. The first kappa shape index (κ1) is 14.2. The van der Waals surface area contributed by atoms with Gasteiger partial charge in [-0.1, -0.05) is 35.5 Å². The molecule has 20 heavy (non-hydrogen) atoms. The van der Waals surface area contributed by atoms with E-state index >= 15 is 0 Å². The van der Waals surface area contributed by atoms with Gasteiger partial charge in [-0.3, -0.25) is 0 Å². The third-order valence-electron chi connectivity index (χ3n) is 2.83. The normalized spacial score (nSPS) is 12.2. The van der Waals surface area contributed by atoms with Crippen LogP contribution in [-0.2, 0) is 17.9 Å². The van der Waals surface area contributed by atoms with Crippen LogP contribution < -0.4 is 0 Å². The minimum atomic E-state index is -0.552. The lowest BCUT2D eigenvalue weighted by atomic mass is 10.2. The topological polar surface area (TPSA) is 77.2 Å². The fraction of sp³-hybridized carbons (Fsp3) is 0.357. The standard InChI is InChI=1S/C14H17N3O3/c1-10(18)8-17-11(2)13(15-16-17)14(19)20-9-12-6-4-3-5-7-12/h3-7,10,18H,8-9H2,1-2H3. The molecule has 2 aromatic rings. The smallest absolute Gasteiger partial charge is 0.361 e. The number of esters is 1. The Balaban J connectivity index is 2.01. The molecule has 0 aliphatic heterocycles. The SMILES string of the molecule is Cc1c(C(=O)OCc2ccccc2)nnn1CC(C)O. The number of hydrogen-bond donors (Lipinski definition) is 1. The number of aliphatic hydroxyl groups is 1. The molecule has 1 heterocycles. The van der Waals surface area contributed by atoms with Crippen molar-refractivity contribution < 1.29 is 14.6 Å². The van der Waals surface area contributed by atoms with Crippen molar-refractivity contribution in [3.8, 4) is 0 Å². The van der Waals surface area contributed by atoms with Crippen LogP contribution >= 0.6 is 0 Å². The third kappa shape index (κ3) is 3.42. The van der Waals surface area contributed by atoms with E-state index in [-0.39, 0.29) is 12.3 Å². The first-order valence-electron chi connectivity index (χ1n) is 6.37. The summed E-state index contributed by atoms with van der Waals surface area (Å²) in [7, 11) is 0. The fourth-order valence-corrected chi connectivity index (χ4v) is 1.76. The minimum Gasteiger partial charge on any atom is -0.456 e. The van der Waals surface area contributed by atoms with Gasteiger partial charge in [-0.05, 0) is 19.4 Å². The van der Waals surface area contributed by atoms with Crippen LogP contribution in [0.4, 0.5) is 0 Å². The van der Waals surface area contributed by atoms with Crippen LogP contribution in [0.1, 0.15) is 28.7 Å². The van der Waals surface area contributed by atoms with Gasteiger partial charge in [0.1, 0.15) is 6.61 Å². The molecule has 0 bridgehead atoms. The van der Waals surface area contributed by atoms with E-state index in [1.54, 1.807) is 13.8 Å². The van der Waals surface area contributed by atoms with E-state index in [1.165, 1.54) is 4.68 Å². The number of benzene rings is 1. The lowest BCUT2D eigenvalue weighted by Gasteiger charge is -2.06. The molecule has 0 saturated carbocycles. The molecule has 1 aromatic heterocycles. The van der Waals surface area contributed by atoms with Gasteiger partial charge in [0.2, 0.25) is 0 Å². The third-order valence-corrected chi connectivity index (χ3v) is 2.83. The highest BCUT2D eigenvalue weighted by Crippen LogP contribution is 2.08. The summed E-state index contributed by atoms with van der Waals surface area (Å²) in [4.78, 5) is 11.9. The summed E-state index contributed by atoms with van der Waals surface area (Å²) in [5.41, 5.74) is 1.68. The molecule has 1 atom stereocenters. The lowest BCUT2D eigenvalue weighted by molar-refractivity contribution is 0.0464. The van der Waals surface area contributed by atoms with Crippen molar-refractivity contribution >= 4 is 5.97 Å². The van der Waals surface area contributed by atoms with Crippen LogP contribution in [-0.4, -0.2) is 32.2 Å². The van der Waals surface area contributed by atoms with Crippen molar-refractivity contribution in [2.75, 3.05) is 0 Å². The molecule has 1 N–H and O–H groups in total. The van der Waals surface area contributed by atoms with Gasteiger partial charge in [0.15, 0.2) is 5.69 Å². The Hall–Kier alpha value is -2.21. The second kappa shape index (κ2) is 6.29. The van der Waals surface area contributed by atoms with E-state index in [2.05, 4.69) is 10.3 Å². The summed E-state index contributed by atoms with van der Waals surface area (Å²) in [5, 5.41) is 17.0. The second-order valence-electron chi connectivity index (χ2n) is 4.62. The van der Waals surface area contributed by atoms with Gasteiger partial charge in [-0.15, -0.1) is 5.10 Å². The molecular formula is C14H17N3O3. The second-order valence-corrected chi connectivity index (χ2v) is 4.62. The number of hydrogen-bond acceptors (Lipinski definition) is 5. The average Bonchev–Trinajstić information content (AvgIpc) is 2.78. The van der Waals surface area contributed by atoms with E-state index in [9.17, 15) is 9.90 Å². The molecule has 0 spiro atoms. The number of rotatable bonds is 5. The predicted molar refractivity (Wildman–Crippen MR) is 72.0 cm³/mol. The van der Waals surface area contributed by atoms with E-state index in [0.29, 0.717) is 12.2 Å². The Morgan fingerprint density at radius 1 is 1.40 bits per heavy atom. The van der Waals surface area contributed by atoms with Gasteiger partial charge in [0.05, 0.1) is 18.3 Å². The predicted octanol–water partition coefficient (Wildman–Crippen LogP) is 1.32. The number of aromatic nitrogens is 3.